The first-order chi connectivity index (χ1) is 34.5. The lowest BCUT2D eigenvalue weighted by Crippen LogP contribution is -2.59. The molecule has 9 aromatic carbocycles. The minimum atomic E-state index is -0.160. The molecule has 0 aliphatic carbocycles. The first-order valence-electron chi connectivity index (χ1n) is 24.9. The van der Waals surface area contributed by atoms with Gasteiger partial charge in [0, 0.05) is 49.5 Å². The zero-order valence-corrected chi connectivity index (χ0v) is 40.8. The van der Waals surface area contributed by atoms with Gasteiger partial charge >= 0.3 is 0 Å². The van der Waals surface area contributed by atoms with E-state index in [-0.39, 0.29) is 17.5 Å². The van der Waals surface area contributed by atoms with E-state index in [9.17, 15) is 0 Å². The van der Waals surface area contributed by atoms with Crippen molar-refractivity contribution in [2.45, 2.75) is 52.4 Å². The Morgan fingerprint density at radius 2 is 0.775 bits per heavy atom. The van der Waals surface area contributed by atoms with Crippen molar-refractivity contribution in [3.05, 3.63) is 206 Å². The second kappa shape index (κ2) is 15.1. The highest BCUT2D eigenvalue weighted by Gasteiger charge is 2.43. The van der Waals surface area contributed by atoms with E-state index in [2.05, 4.69) is 238 Å². The van der Waals surface area contributed by atoms with Crippen molar-refractivity contribution in [1.82, 2.24) is 24.1 Å². The van der Waals surface area contributed by atoms with Crippen LogP contribution in [-0.2, 0) is 10.8 Å². The van der Waals surface area contributed by atoms with E-state index in [0.29, 0.717) is 5.82 Å². The van der Waals surface area contributed by atoms with Crippen molar-refractivity contribution in [1.29, 1.82) is 0 Å². The van der Waals surface area contributed by atoms with Gasteiger partial charge in [0.25, 0.3) is 6.71 Å². The number of aromatic nitrogens is 5. The summed E-state index contributed by atoms with van der Waals surface area (Å²) in [7, 11) is 0. The summed E-state index contributed by atoms with van der Waals surface area (Å²) in [6.07, 6.45) is 3.24. The Morgan fingerprint density at radius 1 is 0.380 bits per heavy atom. The summed E-state index contributed by atoms with van der Waals surface area (Å²) < 4.78 is 5.24. The molecule has 6 heteroatoms. The maximum absolute atomic E-state index is 4.86. The minimum absolute atomic E-state index is 0.0726. The van der Waals surface area contributed by atoms with Gasteiger partial charge in [-0.15, -0.1) is 0 Å². The Balaban J connectivity index is 1.22. The SMILES string of the molecule is CC(C)(C)c1ccc2c3c1c1c(-c4ccccc4)cc(-c4ccccc4)cc1n3-c1cc(-c3ncncn3)cc3c1B2c1ccc(C(C)(C)C)c2c4c(-c5ccccc5)cc(-c5ccccc5)cc4n-3c12. The van der Waals surface area contributed by atoms with Crippen LogP contribution in [-0.4, -0.2) is 30.8 Å². The van der Waals surface area contributed by atoms with E-state index < -0.39 is 0 Å². The number of hydrogen-bond acceptors (Lipinski definition) is 3. The molecule has 2 aliphatic heterocycles. The molecule has 5 nitrogen and oxygen atoms in total. The lowest BCUT2D eigenvalue weighted by atomic mass is 9.34. The summed E-state index contributed by atoms with van der Waals surface area (Å²) >= 11 is 0. The monoisotopic (exact) mass is 911 g/mol. The van der Waals surface area contributed by atoms with Gasteiger partial charge in [-0.1, -0.05) is 187 Å². The second-order valence-electron chi connectivity index (χ2n) is 21.6. The molecule has 0 saturated carbocycles. The summed E-state index contributed by atoms with van der Waals surface area (Å²) in [5, 5.41) is 5.17. The molecule has 12 aromatic rings. The van der Waals surface area contributed by atoms with Crippen LogP contribution < -0.4 is 16.4 Å². The number of rotatable bonds is 5. The Bertz CT molecular complexity index is 3900. The average molecular weight is 912 g/mol. The molecule has 3 aromatic heterocycles. The highest BCUT2D eigenvalue weighted by Crippen LogP contribution is 2.49. The Morgan fingerprint density at radius 3 is 1.17 bits per heavy atom. The van der Waals surface area contributed by atoms with E-state index >= 15 is 0 Å². The third kappa shape index (κ3) is 6.10. The normalized spacial score (nSPS) is 12.9. The van der Waals surface area contributed by atoms with E-state index in [1.807, 2.05) is 0 Å². The fraction of sp³-hybridized carbons (Fsp3) is 0.123. The van der Waals surface area contributed by atoms with Crippen LogP contribution in [0.1, 0.15) is 52.7 Å². The summed E-state index contributed by atoms with van der Waals surface area (Å²) in [6, 6.07) is 68.1. The molecule has 0 N–H and O–H groups in total. The molecular weight excluding hydrogens is 862 g/mol. The largest absolute Gasteiger partial charge is 0.310 e. The van der Waals surface area contributed by atoms with Crippen LogP contribution in [0.2, 0.25) is 0 Å². The first kappa shape index (κ1) is 41.6. The predicted molar refractivity (Wildman–Crippen MR) is 298 cm³/mol. The van der Waals surface area contributed by atoms with Gasteiger partial charge in [0.1, 0.15) is 12.7 Å². The molecule has 0 saturated heterocycles. The summed E-state index contributed by atoms with van der Waals surface area (Å²) in [4.78, 5) is 14.0. The van der Waals surface area contributed by atoms with Crippen molar-refractivity contribution >= 4 is 66.7 Å². The highest BCUT2D eigenvalue weighted by molar-refractivity contribution is 7.00. The summed E-state index contributed by atoms with van der Waals surface area (Å²) in [5.41, 5.74) is 24.0. The molecule has 0 amide bonds. The van der Waals surface area contributed by atoms with Crippen LogP contribution >= 0.6 is 0 Å². The van der Waals surface area contributed by atoms with Gasteiger partial charge in [0.15, 0.2) is 5.82 Å². The third-order valence-electron chi connectivity index (χ3n) is 15.4. The van der Waals surface area contributed by atoms with Crippen molar-refractivity contribution in [3.63, 3.8) is 0 Å². The van der Waals surface area contributed by atoms with Crippen LogP contribution in [0.25, 0.3) is 111 Å². The Kier molecular flexibility index (Phi) is 8.84. The molecular formula is C65H50BN5. The van der Waals surface area contributed by atoms with Crippen molar-refractivity contribution in [2.24, 2.45) is 0 Å². The van der Waals surface area contributed by atoms with Gasteiger partial charge < -0.3 is 9.13 Å². The van der Waals surface area contributed by atoms with E-state index in [1.165, 1.54) is 116 Å². The van der Waals surface area contributed by atoms with E-state index in [0.717, 1.165) is 16.9 Å². The first-order valence-corrected chi connectivity index (χ1v) is 24.9. The predicted octanol–water partition coefficient (Wildman–Crippen LogP) is 14.1. The second-order valence-corrected chi connectivity index (χ2v) is 21.6. The molecule has 0 fully saturated rings. The minimum Gasteiger partial charge on any atom is -0.310 e. The van der Waals surface area contributed by atoms with Crippen LogP contribution in [0, 0.1) is 0 Å². The van der Waals surface area contributed by atoms with Crippen LogP contribution in [0.5, 0.6) is 0 Å². The number of nitrogens with zero attached hydrogens (tertiary/aromatic N) is 5. The number of hydrogen-bond donors (Lipinski definition) is 0. The molecule has 0 bridgehead atoms. The molecule has 0 spiro atoms. The summed E-state index contributed by atoms with van der Waals surface area (Å²) in [6.45, 7) is 14.1. The lowest BCUT2D eigenvalue weighted by molar-refractivity contribution is 0.596. The third-order valence-corrected chi connectivity index (χ3v) is 15.4. The quantitative estimate of drug-likeness (QED) is 0.162. The van der Waals surface area contributed by atoms with E-state index in [1.54, 1.807) is 12.7 Å². The zero-order chi connectivity index (χ0) is 47.9. The molecule has 5 heterocycles. The molecule has 14 rings (SSSR count). The van der Waals surface area contributed by atoms with Crippen molar-refractivity contribution in [3.8, 4) is 67.3 Å². The standard InChI is InChI=1S/C65H50BN5/c1-64(2,3)48-27-29-50-61-58(48)56-46(41-23-15-9-16-24-41)31-43(39-19-11-7-12-20-39)33-52(56)70(61)54-35-45(63-68-37-67-38-69-63)36-55-60(54)66(50)51-30-28-49(65(4,5)6)59-57-47(42-25-17-10-18-26-42)32-44(40-21-13-8-14-22-40)34-53(57)71(55)62(51)59/h7-38H,1-6H3. The average Bonchev–Trinajstić information content (AvgIpc) is 3.93. The van der Waals surface area contributed by atoms with Gasteiger partial charge in [0.2, 0.25) is 0 Å². The Hall–Kier alpha value is -8.35. The molecule has 0 atom stereocenters. The molecule has 0 radical (unpaired) electrons. The number of fused-ring (bicyclic) bond motifs is 10. The van der Waals surface area contributed by atoms with Gasteiger partial charge in [-0.3, -0.25) is 0 Å². The smallest absolute Gasteiger partial charge is 0.252 e. The summed E-state index contributed by atoms with van der Waals surface area (Å²) in [5.74, 6) is 0.643. The zero-order valence-electron chi connectivity index (χ0n) is 40.8. The van der Waals surface area contributed by atoms with Gasteiger partial charge in [0.05, 0.1) is 11.0 Å². The highest BCUT2D eigenvalue weighted by atomic mass is 15.0. The molecule has 2 aliphatic rings. The maximum atomic E-state index is 4.86. The Labute approximate surface area is 414 Å². The van der Waals surface area contributed by atoms with Crippen molar-refractivity contribution in [2.75, 3.05) is 0 Å². The van der Waals surface area contributed by atoms with Gasteiger partial charge in [-0.25, -0.2) is 15.0 Å². The van der Waals surface area contributed by atoms with Crippen LogP contribution in [0.15, 0.2) is 195 Å². The fourth-order valence-corrected chi connectivity index (χ4v) is 12.4. The van der Waals surface area contributed by atoms with Crippen LogP contribution in [0.3, 0.4) is 0 Å². The molecule has 338 valence electrons. The van der Waals surface area contributed by atoms with Gasteiger partial charge in [-0.05, 0) is 119 Å². The van der Waals surface area contributed by atoms with Crippen molar-refractivity contribution < 1.29 is 0 Å². The fourth-order valence-electron chi connectivity index (χ4n) is 12.4. The van der Waals surface area contributed by atoms with E-state index in [4.69, 9.17) is 9.97 Å². The molecule has 71 heavy (non-hydrogen) atoms. The molecule has 0 unspecified atom stereocenters. The van der Waals surface area contributed by atoms with Crippen LogP contribution in [0.4, 0.5) is 0 Å². The van der Waals surface area contributed by atoms with Gasteiger partial charge in [-0.2, -0.15) is 0 Å². The lowest BCUT2D eigenvalue weighted by Gasteiger charge is -2.35. The maximum Gasteiger partial charge on any atom is 0.252 e. The topological polar surface area (TPSA) is 48.5 Å². The number of benzene rings is 9.